The van der Waals surface area contributed by atoms with Crippen molar-refractivity contribution in [2.45, 2.75) is 71.8 Å². The summed E-state index contributed by atoms with van der Waals surface area (Å²) in [5.74, 6) is -2.82. The summed E-state index contributed by atoms with van der Waals surface area (Å²) in [6, 6.07) is 10.7. The van der Waals surface area contributed by atoms with Crippen LogP contribution >= 0.6 is 8.25 Å². The van der Waals surface area contributed by atoms with Crippen LogP contribution in [0.25, 0.3) is 11.3 Å². The number of hydroxylamine groups is 2. The molecule has 1 saturated heterocycles. The van der Waals surface area contributed by atoms with Crippen LogP contribution in [0.5, 0.6) is 11.5 Å². The van der Waals surface area contributed by atoms with E-state index in [1.54, 1.807) is 19.9 Å². The lowest BCUT2D eigenvalue weighted by atomic mass is 9.90. The highest BCUT2D eigenvalue weighted by Crippen LogP contribution is 2.34. The first kappa shape index (κ1) is 39.8. The molecule has 2 aromatic carbocycles. The van der Waals surface area contributed by atoms with Crippen LogP contribution in [0, 0.1) is 11.7 Å². The zero-order chi connectivity index (χ0) is 37.6. The summed E-state index contributed by atoms with van der Waals surface area (Å²) >= 11 is 0. The number of nitrogens with one attached hydrogen (secondary N) is 2. The molecule has 3 amide bonds. The molecule has 1 aromatic heterocycles. The predicted octanol–water partition coefficient (Wildman–Crippen LogP) is 6.12. The molecule has 14 nitrogen and oxygen atoms in total. The largest absolute Gasteiger partial charge is 0.747 e. The smallest absolute Gasteiger partial charge is 0.494 e. The maximum atomic E-state index is 14.9. The fraction of sp³-hybridized carbons (Fsp3) is 0.444. The third-order valence-corrected chi connectivity index (χ3v) is 8.95. The highest BCUT2D eigenvalue weighted by atomic mass is 31.1. The molecule has 52 heavy (non-hydrogen) atoms. The molecule has 1 fully saturated rings. The van der Waals surface area contributed by atoms with Crippen LogP contribution in [0.15, 0.2) is 52.9 Å². The number of benzene rings is 2. The van der Waals surface area contributed by atoms with Gasteiger partial charge in [0.05, 0.1) is 36.5 Å². The highest BCUT2D eigenvalue weighted by Gasteiger charge is 2.34. The van der Waals surface area contributed by atoms with Gasteiger partial charge in [0, 0.05) is 29.3 Å². The van der Waals surface area contributed by atoms with E-state index in [4.69, 9.17) is 18.5 Å². The summed E-state index contributed by atoms with van der Waals surface area (Å²) in [6.45, 7) is 7.04. The van der Waals surface area contributed by atoms with Crippen molar-refractivity contribution in [1.82, 2.24) is 15.7 Å². The Balaban J connectivity index is 1.40. The lowest BCUT2D eigenvalue weighted by molar-refractivity contribution is -0.171. The predicted molar refractivity (Wildman–Crippen MR) is 189 cm³/mol. The Morgan fingerprint density at radius 1 is 1.04 bits per heavy atom. The highest BCUT2D eigenvalue weighted by molar-refractivity contribution is 7.32. The second-order valence-corrected chi connectivity index (χ2v) is 12.8. The molecule has 1 aliphatic rings. The van der Waals surface area contributed by atoms with E-state index >= 15 is 0 Å². The van der Waals surface area contributed by atoms with Gasteiger partial charge in [0.1, 0.15) is 17.3 Å². The molecule has 4 rings (SSSR count). The minimum Gasteiger partial charge on any atom is -0.494 e. The third-order valence-electron chi connectivity index (χ3n) is 8.59. The van der Waals surface area contributed by atoms with E-state index in [0.717, 1.165) is 49.9 Å². The van der Waals surface area contributed by atoms with E-state index in [2.05, 4.69) is 10.6 Å². The molecule has 3 N–H and O–H groups in total. The molecular weight excluding hydrogens is 698 g/mol. The van der Waals surface area contributed by atoms with Gasteiger partial charge in [-0.3, -0.25) is 14.4 Å². The SMILES string of the molecule is CCCCCC(C(=O)NCNC(=O)c1ccc(-c2cc(OCC)cc(O[P+](=O)O)c2)o1)C(CC)N(C=O)OC(=O)c1ccc(N2CCCC2)c(F)c1. The molecule has 0 bridgehead atoms. The molecule has 0 spiro atoms. The Hall–Kier alpha value is -5.01. The van der Waals surface area contributed by atoms with Crippen molar-refractivity contribution in [2.24, 2.45) is 5.92 Å². The number of hydrogen-bond donors (Lipinski definition) is 3. The van der Waals surface area contributed by atoms with Gasteiger partial charge >= 0.3 is 14.2 Å². The van der Waals surface area contributed by atoms with E-state index in [1.165, 1.54) is 36.4 Å². The molecular formula is C36H45FN4O10P+. The summed E-state index contributed by atoms with van der Waals surface area (Å²) in [5.41, 5.74) is 0.751. The first-order valence-corrected chi connectivity index (χ1v) is 18.5. The molecule has 0 aliphatic carbocycles. The molecule has 0 radical (unpaired) electrons. The molecule has 3 unspecified atom stereocenters. The normalized spacial score (nSPS) is 13.9. The van der Waals surface area contributed by atoms with Gasteiger partial charge in [-0.2, -0.15) is 5.06 Å². The lowest BCUT2D eigenvalue weighted by Gasteiger charge is -2.31. The van der Waals surface area contributed by atoms with Crippen molar-refractivity contribution < 1.29 is 51.5 Å². The van der Waals surface area contributed by atoms with Gasteiger partial charge in [0.2, 0.25) is 12.3 Å². The summed E-state index contributed by atoms with van der Waals surface area (Å²) < 4.78 is 42.3. The molecule has 3 aromatic rings. The van der Waals surface area contributed by atoms with Crippen LogP contribution in [-0.4, -0.2) is 66.6 Å². The minimum atomic E-state index is -2.93. The number of rotatable bonds is 20. The summed E-state index contributed by atoms with van der Waals surface area (Å²) in [6.07, 6.45) is 5.23. The van der Waals surface area contributed by atoms with Crippen LogP contribution in [0.3, 0.4) is 0 Å². The minimum absolute atomic E-state index is 0.0666. The average Bonchev–Trinajstić information content (AvgIpc) is 3.84. The molecule has 3 atom stereocenters. The number of anilines is 1. The van der Waals surface area contributed by atoms with Gasteiger partial charge in [-0.15, -0.1) is 4.89 Å². The van der Waals surface area contributed by atoms with E-state index in [9.17, 15) is 33.0 Å². The van der Waals surface area contributed by atoms with Gasteiger partial charge < -0.3 is 29.5 Å². The molecule has 1 aliphatic heterocycles. The number of carbonyl (C=O) groups is 4. The second-order valence-electron chi connectivity index (χ2n) is 12.1. The number of nitrogens with zero attached hydrogens (tertiary/aromatic N) is 2. The first-order valence-electron chi connectivity index (χ1n) is 17.4. The van der Waals surface area contributed by atoms with Gasteiger partial charge in [0.25, 0.3) is 5.91 Å². The number of hydrogen-bond acceptors (Lipinski definition) is 10. The number of unbranched alkanes of at least 4 members (excludes halogenated alkanes) is 2. The topological polar surface area (TPSA) is 177 Å². The second kappa shape index (κ2) is 19.6. The quantitative estimate of drug-likeness (QED) is 0.0399. The lowest BCUT2D eigenvalue weighted by Crippen LogP contribution is -2.49. The van der Waals surface area contributed by atoms with Gasteiger partial charge in [-0.1, -0.05) is 33.1 Å². The monoisotopic (exact) mass is 743 g/mol. The standard InChI is InChI=1S/C36H44FN4O10P/c1-4-7-8-11-28(30(5-2)41(23-42)50-36(45)24-12-13-31(29(37)20-24)40-16-9-10-17-40)34(43)38-22-39-35(44)33-15-14-32(49-33)25-18-26(48-6-3)21-27(19-25)51-52(46)47/h12-15,18-21,23,28,30H,4-11,16-17,22H2,1-3H3,(H2-,38,39,43,44,46,47)/p+1. The molecule has 16 heteroatoms. The average molecular weight is 744 g/mol. The summed E-state index contributed by atoms with van der Waals surface area (Å²) in [4.78, 5) is 68.3. The van der Waals surface area contributed by atoms with Crippen molar-refractivity contribution in [3.05, 3.63) is 65.7 Å². The van der Waals surface area contributed by atoms with Crippen LogP contribution in [-0.2, 0) is 19.0 Å². The molecule has 280 valence electrons. The maximum Gasteiger partial charge on any atom is 0.747 e. The third kappa shape index (κ3) is 10.8. The van der Waals surface area contributed by atoms with Crippen molar-refractivity contribution in [3.63, 3.8) is 0 Å². The maximum absolute atomic E-state index is 14.9. The van der Waals surface area contributed by atoms with Crippen LogP contribution in [0.1, 0.15) is 86.6 Å². The Morgan fingerprint density at radius 2 is 1.79 bits per heavy atom. The Kier molecular flexibility index (Phi) is 15.0. The Morgan fingerprint density at radius 3 is 2.44 bits per heavy atom. The summed E-state index contributed by atoms with van der Waals surface area (Å²) in [7, 11) is -2.93. The Labute approximate surface area is 302 Å². The number of ether oxygens (including phenoxy) is 1. The van der Waals surface area contributed by atoms with E-state index < -0.39 is 43.8 Å². The summed E-state index contributed by atoms with van der Waals surface area (Å²) in [5, 5.41) is 6.07. The fourth-order valence-corrected chi connectivity index (χ4v) is 6.36. The van der Waals surface area contributed by atoms with Crippen molar-refractivity contribution in [1.29, 1.82) is 0 Å². The van der Waals surface area contributed by atoms with Crippen LogP contribution in [0.2, 0.25) is 0 Å². The van der Waals surface area contributed by atoms with Gasteiger partial charge in [-0.05, 0) is 75.1 Å². The van der Waals surface area contributed by atoms with Crippen LogP contribution in [0.4, 0.5) is 10.1 Å². The van der Waals surface area contributed by atoms with Crippen LogP contribution < -0.4 is 24.8 Å². The number of furan rings is 1. The zero-order valence-electron chi connectivity index (χ0n) is 29.5. The van der Waals surface area contributed by atoms with Crippen molar-refractivity contribution in [2.75, 3.05) is 31.3 Å². The zero-order valence-corrected chi connectivity index (χ0v) is 30.4. The van der Waals surface area contributed by atoms with Gasteiger partial charge in [-0.25, -0.2) is 13.7 Å². The fourth-order valence-electron chi connectivity index (χ4n) is 6.07. The Bertz CT molecular complexity index is 1710. The van der Waals surface area contributed by atoms with Crippen molar-refractivity contribution in [3.8, 4) is 22.8 Å². The van der Waals surface area contributed by atoms with Gasteiger partial charge in [0.15, 0.2) is 11.5 Å². The number of halogens is 1. The molecule has 0 saturated carbocycles. The van der Waals surface area contributed by atoms with E-state index in [0.29, 0.717) is 42.9 Å². The first-order chi connectivity index (χ1) is 25.1. The molecule has 2 heterocycles. The van der Waals surface area contributed by atoms with E-state index in [1.807, 2.05) is 11.8 Å². The van der Waals surface area contributed by atoms with Crippen molar-refractivity contribution >= 4 is 38.1 Å². The number of amides is 3. The number of carbonyl (C=O) groups excluding carboxylic acids is 4. The van der Waals surface area contributed by atoms with E-state index in [-0.39, 0.29) is 35.9 Å².